The third kappa shape index (κ3) is 3.55. The van der Waals surface area contributed by atoms with Gasteiger partial charge in [-0.15, -0.1) is 0 Å². The molecule has 0 N–H and O–H groups in total. The van der Waals surface area contributed by atoms with E-state index >= 15 is 0 Å². The molecule has 1 atom stereocenters. The van der Waals surface area contributed by atoms with Crippen molar-refractivity contribution in [3.8, 4) is 0 Å². The second kappa shape index (κ2) is 6.45. The number of rotatable bonds is 4. The number of amides is 1. The van der Waals surface area contributed by atoms with Crippen molar-refractivity contribution in [2.24, 2.45) is 0 Å². The summed E-state index contributed by atoms with van der Waals surface area (Å²) in [4.78, 5) is 13.3. The van der Waals surface area contributed by atoms with Crippen LogP contribution >= 0.6 is 0 Å². The Morgan fingerprint density at radius 2 is 2.40 bits per heavy atom. The van der Waals surface area contributed by atoms with Crippen LogP contribution in [0, 0.1) is 0 Å². The van der Waals surface area contributed by atoms with Crippen LogP contribution < -0.4 is 0 Å². The number of carbonyl (C=O) groups is 1. The lowest BCUT2D eigenvalue weighted by Crippen LogP contribution is -2.45. The van der Waals surface area contributed by atoms with Crippen molar-refractivity contribution in [2.45, 2.75) is 32.4 Å². The SMILES string of the molecule is C=CCOC(=O)N1CCCCC1OCC. The van der Waals surface area contributed by atoms with Gasteiger partial charge in [0.1, 0.15) is 12.8 Å². The minimum atomic E-state index is -0.298. The summed E-state index contributed by atoms with van der Waals surface area (Å²) < 4.78 is 10.5. The quantitative estimate of drug-likeness (QED) is 0.672. The molecule has 0 bridgehead atoms. The van der Waals surface area contributed by atoms with E-state index in [0.717, 1.165) is 25.8 Å². The van der Waals surface area contributed by atoms with E-state index in [-0.39, 0.29) is 18.9 Å². The standard InChI is InChI=1S/C11H19NO3/c1-3-9-15-11(13)12-8-6-5-7-10(12)14-4-2/h3,10H,1,4-9H2,2H3. The smallest absolute Gasteiger partial charge is 0.412 e. The summed E-state index contributed by atoms with van der Waals surface area (Å²) >= 11 is 0. The van der Waals surface area contributed by atoms with Crippen LogP contribution in [0.5, 0.6) is 0 Å². The first-order valence-electron chi connectivity index (χ1n) is 5.45. The molecule has 1 fully saturated rings. The van der Waals surface area contributed by atoms with Gasteiger partial charge in [-0.1, -0.05) is 12.7 Å². The van der Waals surface area contributed by atoms with E-state index in [4.69, 9.17) is 9.47 Å². The molecule has 0 aliphatic carbocycles. The number of carbonyl (C=O) groups excluding carboxylic acids is 1. The predicted molar refractivity (Wildman–Crippen MR) is 57.5 cm³/mol. The molecule has 0 aromatic carbocycles. The predicted octanol–water partition coefficient (Wildman–Crippen LogP) is 2.16. The van der Waals surface area contributed by atoms with Crippen LogP contribution in [-0.4, -0.2) is 37.0 Å². The van der Waals surface area contributed by atoms with Gasteiger partial charge in [0.25, 0.3) is 0 Å². The summed E-state index contributed by atoms with van der Waals surface area (Å²) in [6.07, 6.45) is 4.19. The highest BCUT2D eigenvalue weighted by molar-refractivity contribution is 5.68. The molecule has 1 aliphatic rings. The van der Waals surface area contributed by atoms with E-state index in [1.807, 2.05) is 6.92 Å². The van der Waals surface area contributed by atoms with E-state index in [0.29, 0.717) is 6.61 Å². The maximum atomic E-state index is 11.6. The molecule has 1 rings (SSSR count). The van der Waals surface area contributed by atoms with Gasteiger partial charge in [-0.05, 0) is 26.2 Å². The molecule has 1 unspecified atom stereocenters. The topological polar surface area (TPSA) is 38.8 Å². The van der Waals surface area contributed by atoms with Gasteiger partial charge in [-0.3, -0.25) is 4.90 Å². The number of nitrogens with zero attached hydrogens (tertiary/aromatic N) is 1. The molecule has 1 heterocycles. The average molecular weight is 213 g/mol. The highest BCUT2D eigenvalue weighted by Crippen LogP contribution is 2.18. The van der Waals surface area contributed by atoms with Crippen molar-refractivity contribution in [3.63, 3.8) is 0 Å². The number of piperidine rings is 1. The van der Waals surface area contributed by atoms with Crippen molar-refractivity contribution in [2.75, 3.05) is 19.8 Å². The van der Waals surface area contributed by atoms with Crippen LogP contribution in [0.25, 0.3) is 0 Å². The minimum Gasteiger partial charge on any atom is -0.445 e. The van der Waals surface area contributed by atoms with Gasteiger partial charge in [0.15, 0.2) is 0 Å². The first kappa shape index (κ1) is 12.0. The van der Waals surface area contributed by atoms with Crippen molar-refractivity contribution < 1.29 is 14.3 Å². The molecule has 0 radical (unpaired) electrons. The minimum absolute atomic E-state index is 0.110. The van der Waals surface area contributed by atoms with E-state index in [2.05, 4.69) is 6.58 Å². The Morgan fingerprint density at radius 1 is 1.60 bits per heavy atom. The van der Waals surface area contributed by atoms with E-state index in [1.165, 1.54) is 0 Å². The molecule has 1 aliphatic heterocycles. The van der Waals surface area contributed by atoms with Gasteiger partial charge < -0.3 is 9.47 Å². The summed E-state index contributed by atoms with van der Waals surface area (Å²) in [6.45, 7) is 7.04. The summed E-state index contributed by atoms with van der Waals surface area (Å²) in [5, 5.41) is 0. The largest absolute Gasteiger partial charge is 0.445 e. The van der Waals surface area contributed by atoms with Crippen LogP contribution in [0.1, 0.15) is 26.2 Å². The second-order valence-corrected chi connectivity index (χ2v) is 3.46. The fourth-order valence-corrected chi connectivity index (χ4v) is 1.69. The summed E-state index contributed by atoms with van der Waals surface area (Å²) in [7, 11) is 0. The Labute approximate surface area is 90.8 Å². The molecule has 15 heavy (non-hydrogen) atoms. The molecule has 0 saturated carbocycles. The Bertz CT molecular complexity index is 216. The lowest BCUT2D eigenvalue weighted by Gasteiger charge is -2.34. The molecule has 0 aromatic rings. The number of hydrogen-bond donors (Lipinski definition) is 0. The van der Waals surface area contributed by atoms with Gasteiger partial charge in [0.05, 0.1) is 0 Å². The fraction of sp³-hybridized carbons (Fsp3) is 0.727. The van der Waals surface area contributed by atoms with Crippen LogP contribution in [0.2, 0.25) is 0 Å². The Balaban J connectivity index is 2.46. The Kier molecular flexibility index (Phi) is 5.18. The molecule has 0 spiro atoms. The molecular formula is C11H19NO3. The lowest BCUT2D eigenvalue weighted by molar-refractivity contribution is -0.0659. The monoisotopic (exact) mass is 213 g/mol. The zero-order valence-corrected chi connectivity index (χ0v) is 9.28. The van der Waals surface area contributed by atoms with Gasteiger partial charge in [-0.25, -0.2) is 4.79 Å². The van der Waals surface area contributed by atoms with Crippen molar-refractivity contribution in [1.29, 1.82) is 0 Å². The molecule has 86 valence electrons. The zero-order chi connectivity index (χ0) is 11.1. The molecule has 0 aromatic heterocycles. The average Bonchev–Trinajstić information content (AvgIpc) is 2.27. The Morgan fingerprint density at radius 3 is 3.07 bits per heavy atom. The van der Waals surface area contributed by atoms with E-state index < -0.39 is 0 Å². The Hall–Kier alpha value is -1.03. The fourth-order valence-electron chi connectivity index (χ4n) is 1.69. The molecule has 1 amide bonds. The first-order valence-corrected chi connectivity index (χ1v) is 5.45. The van der Waals surface area contributed by atoms with Gasteiger partial charge in [0.2, 0.25) is 0 Å². The van der Waals surface area contributed by atoms with Crippen LogP contribution in [0.3, 0.4) is 0 Å². The maximum Gasteiger partial charge on any atom is 0.412 e. The molecule has 4 heteroatoms. The first-order chi connectivity index (χ1) is 7.29. The van der Waals surface area contributed by atoms with Crippen molar-refractivity contribution in [1.82, 2.24) is 4.90 Å². The third-order valence-electron chi connectivity index (χ3n) is 2.37. The van der Waals surface area contributed by atoms with Crippen LogP contribution in [0.4, 0.5) is 4.79 Å². The zero-order valence-electron chi connectivity index (χ0n) is 9.28. The number of hydrogen-bond acceptors (Lipinski definition) is 3. The van der Waals surface area contributed by atoms with Crippen molar-refractivity contribution in [3.05, 3.63) is 12.7 Å². The highest BCUT2D eigenvalue weighted by Gasteiger charge is 2.27. The maximum absolute atomic E-state index is 11.6. The van der Waals surface area contributed by atoms with Gasteiger partial charge >= 0.3 is 6.09 Å². The van der Waals surface area contributed by atoms with Crippen molar-refractivity contribution >= 4 is 6.09 Å². The molecular weight excluding hydrogens is 194 g/mol. The van der Waals surface area contributed by atoms with Gasteiger partial charge in [-0.2, -0.15) is 0 Å². The summed E-state index contributed by atoms with van der Waals surface area (Å²) in [5.41, 5.74) is 0. The van der Waals surface area contributed by atoms with E-state index in [9.17, 15) is 4.79 Å². The number of ether oxygens (including phenoxy) is 2. The lowest BCUT2D eigenvalue weighted by atomic mass is 10.1. The summed E-state index contributed by atoms with van der Waals surface area (Å²) in [5.74, 6) is 0. The third-order valence-corrected chi connectivity index (χ3v) is 2.37. The van der Waals surface area contributed by atoms with Crippen LogP contribution in [-0.2, 0) is 9.47 Å². The molecule has 1 saturated heterocycles. The molecule has 4 nitrogen and oxygen atoms in total. The number of likely N-dealkylation sites (tertiary alicyclic amines) is 1. The van der Waals surface area contributed by atoms with E-state index in [1.54, 1.807) is 11.0 Å². The van der Waals surface area contributed by atoms with Crippen LogP contribution in [0.15, 0.2) is 12.7 Å². The summed E-state index contributed by atoms with van der Waals surface area (Å²) in [6, 6.07) is 0. The normalized spacial score (nSPS) is 21.1. The van der Waals surface area contributed by atoms with Gasteiger partial charge in [0, 0.05) is 13.2 Å². The second-order valence-electron chi connectivity index (χ2n) is 3.46. The highest BCUT2D eigenvalue weighted by atomic mass is 16.6.